The van der Waals surface area contributed by atoms with Gasteiger partial charge in [-0.2, -0.15) is 0 Å². The summed E-state index contributed by atoms with van der Waals surface area (Å²) in [6.45, 7) is 6.99. The van der Waals surface area contributed by atoms with Crippen LogP contribution in [0.1, 0.15) is 29.3 Å². The first-order chi connectivity index (χ1) is 13.1. The van der Waals surface area contributed by atoms with Crippen molar-refractivity contribution < 1.29 is 4.79 Å². The van der Waals surface area contributed by atoms with E-state index >= 15 is 0 Å². The highest BCUT2D eigenvalue weighted by atomic mass is 16.1. The SMILES string of the molecule is Cc1cccn2c(CC(=O)N[C@H](C)CN3CCc4ccccc4C3)cnc12. The van der Waals surface area contributed by atoms with Crippen LogP contribution in [0.5, 0.6) is 0 Å². The fraction of sp³-hybridized carbons (Fsp3) is 0.364. The van der Waals surface area contributed by atoms with Gasteiger partial charge in [-0.05, 0) is 43.0 Å². The van der Waals surface area contributed by atoms with Crippen molar-refractivity contribution in [2.45, 2.75) is 39.3 Å². The van der Waals surface area contributed by atoms with Crippen LogP contribution in [0, 0.1) is 6.92 Å². The topological polar surface area (TPSA) is 49.6 Å². The molecule has 0 fully saturated rings. The van der Waals surface area contributed by atoms with Crippen LogP contribution in [0.25, 0.3) is 5.65 Å². The Kier molecular flexibility index (Phi) is 4.94. The number of carbonyl (C=O) groups is 1. The summed E-state index contributed by atoms with van der Waals surface area (Å²) in [5.74, 6) is 0.0446. The Morgan fingerprint density at radius 2 is 2.04 bits per heavy atom. The molecule has 1 aliphatic heterocycles. The van der Waals surface area contributed by atoms with Crippen molar-refractivity contribution >= 4 is 11.6 Å². The van der Waals surface area contributed by atoms with Crippen LogP contribution in [0.15, 0.2) is 48.8 Å². The standard InChI is InChI=1S/C22H26N4O/c1-16-6-5-10-26-20(13-23-22(16)26)12-21(27)24-17(2)14-25-11-9-18-7-3-4-8-19(18)15-25/h3-8,10,13,17H,9,11-12,14-15H2,1-2H3,(H,24,27)/t17-/m1/s1. The van der Waals surface area contributed by atoms with Crippen LogP contribution in [0.3, 0.4) is 0 Å². The number of hydrogen-bond donors (Lipinski definition) is 1. The summed E-state index contributed by atoms with van der Waals surface area (Å²) in [6.07, 6.45) is 5.19. The Morgan fingerprint density at radius 1 is 1.22 bits per heavy atom. The lowest BCUT2D eigenvalue weighted by Gasteiger charge is -2.31. The molecular weight excluding hydrogens is 336 g/mol. The van der Waals surface area contributed by atoms with Gasteiger partial charge in [0.15, 0.2) is 0 Å². The molecule has 0 aliphatic carbocycles. The molecule has 0 unspecified atom stereocenters. The molecule has 27 heavy (non-hydrogen) atoms. The van der Waals surface area contributed by atoms with E-state index in [9.17, 15) is 4.79 Å². The Morgan fingerprint density at radius 3 is 2.89 bits per heavy atom. The molecule has 140 valence electrons. The number of imidazole rings is 1. The van der Waals surface area contributed by atoms with Crippen molar-refractivity contribution in [1.82, 2.24) is 19.6 Å². The molecular formula is C22H26N4O. The molecule has 2 aromatic heterocycles. The number of carbonyl (C=O) groups excluding carboxylic acids is 1. The lowest BCUT2D eigenvalue weighted by Crippen LogP contribution is -2.44. The number of pyridine rings is 1. The van der Waals surface area contributed by atoms with E-state index in [1.54, 1.807) is 6.20 Å². The van der Waals surface area contributed by atoms with Crippen molar-refractivity contribution in [2.75, 3.05) is 13.1 Å². The summed E-state index contributed by atoms with van der Waals surface area (Å²) < 4.78 is 2.00. The second kappa shape index (κ2) is 7.53. The molecule has 0 spiro atoms. The molecule has 3 aromatic rings. The summed E-state index contributed by atoms with van der Waals surface area (Å²) in [5.41, 5.74) is 5.81. The molecule has 0 bridgehead atoms. The molecule has 3 heterocycles. The third-order valence-electron chi connectivity index (χ3n) is 5.30. The predicted molar refractivity (Wildman–Crippen MR) is 107 cm³/mol. The van der Waals surface area contributed by atoms with E-state index in [4.69, 9.17) is 0 Å². The first-order valence-corrected chi connectivity index (χ1v) is 9.60. The molecule has 1 atom stereocenters. The maximum atomic E-state index is 12.5. The van der Waals surface area contributed by atoms with Crippen molar-refractivity contribution in [1.29, 1.82) is 0 Å². The van der Waals surface area contributed by atoms with Gasteiger partial charge in [-0.1, -0.05) is 30.3 Å². The summed E-state index contributed by atoms with van der Waals surface area (Å²) in [4.78, 5) is 19.4. The maximum absolute atomic E-state index is 12.5. The average molecular weight is 362 g/mol. The normalized spacial score (nSPS) is 15.5. The largest absolute Gasteiger partial charge is 0.352 e. The van der Waals surface area contributed by atoms with Gasteiger partial charge in [-0.15, -0.1) is 0 Å². The van der Waals surface area contributed by atoms with E-state index in [2.05, 4.69) is 46.4 Å². The van der Waals surface area contributed by atoms with Crippen LogP contribution in [-0.2, 0) is 24.2 Å². The second-order valence-electron chi connectivity index (χ2n) is 7.53. The van der Waals surface area contributed by atoms with Gasteiger partial charge < -0.3 is 9.72 Å². The van der Waals surface area contributed by atoms with Crippen LogP contribution in [0.4, 0.5) is 0 Å². The zero-order chi connectivity index (χ0) is 18.8. The average Bonchev–Trinajstić information content (AvgIpc) is 3.05. The van der Waals surface area contributed by atoms with Gasteiger partial charge in [0.05, 0.1) is 12.1 Å². The van der Waals surface area contributed by atoms with Gasteiger partial charge in [0.2, 0.25) is 5.91 Å². The lowest BCUT2D eigenvalue weighted by molar-refractivity contribution is -0.121. The minimum absolute atomic E-state index is 0.0446. The lowest BCUT2D eigenvalue weighted by atomic mass is 10.00. The van der Waals surface area contributed by atoms with E-state index < -0.39 is 0 Å². The van der Waals surface area contributed by atoms with Gasteiger partial charge in [0.25, 0.3) is 0 Å². The third kappa shape index (κ3) is 3.88. The van der Waals surface area contributed by atoms with Gasteiger partial charge in [0.1, 0.15) is 5.65 Å². The molecule has 1 N–H and O–H groups in total. The Balaban J connectivity index is 1.34. The molecule has 5 nitrogen and oxygen atoms in total. The number of nitrogens with zero attached hydrogens (tertiary/aromatic N) is 3. The fourth-order valence-electron chi connectivity index (χ4n) is 3.97. The van der Waals surface area contributed by atoms with Crippen molar-refractivity contribution in [3.05, 3.63) is 71.2 Å². The summed E-state index contributed by atoms with van der Waals surface area (Å²) >= 11 is 0. The van der Waals surface area contributed by atoms with Gasteiger partial charge in [-0.3, -0.25) is 9.69 Å². The number of rotatable bonds is 5. The number of amides is 1. The van der Waals surface area contributed by atoms with Crippen molar-refractivity contribution in [2.24, 2.45) is 0 Å². The highest BCUT2D eigenvalue weighted by Crippen LogP contribution is 2.18. The number of hydrogen-bond acceptors (Lipinski definition) is 3. The Labute approximate surface area is 160 Å². The van der Waals surface area contributed by atoms with Crippen molar-refractivity contribution in [3.63, 3.8) is 0 Å². The minimum Gasteiger partial charge on any atom is -0.352 e. The zero-order valence-corrected chi connectivity index (χ0v) is 16.0. The van der Waals surface area contributed by atoms with E-state index in [0.29, 0.717) is 6.42 Å². The molecule has 4 rings (SSSR count). The number of nitrogens with one attached hydrogen (secondary N) is 1. The number of benzene rings is 1. The molecule has 5 heteroatoms. The van der Waals surface area contributed by atoms with E-state index in [1.807, 2.05) is 29.7 Å². The summed E-state index contributed by atoms with van der Waals surface area (Å²) in [6, 6.07) is 12.8. The Hall–Kier alpha value is -2.66. The molecule has 1 aliphatic rings. The number of aryl methyl sites for hydroxylation is 1. The van der Waals surface area contributed by atoms with E-state index in [1.165, 1.54) is 11.1 Å². The molecule has 0 saturated carbocycles. The Bertz CT molecular complexity index is 962. The van der Waals surface area contributed by atoms with Crippen LogP contribution < -0.4 is 5.32 Å². The van der Waals surface area contributed by atoms with Gasteiger partial charge in [0, 0.05) is 38.1 Å². The summed E-state index contributed by atoms with van der Waals surface area (Å²) in [7, 11) is 0. The maximum Gasteiger partial charge on any atom is 0.226 e. The molecule has 1 amide bonds. The van der Waals surface area contributed by atoms with Gasteiger partial charge >= 0.3 is 0 Å². The highest BCUT2D eigenvalue weighted by molar-refractivity contribution is 5.78. The fourth-order valence-corrected chi connectivity index (χ4v) is 3.97. The molecule has 0 radical (unpaired) electrons. The van der Waals surface area contributed by atoms with Crippen molar-refractivity contribution in [3.8, 4) is 0 Å². The monoisotopic (exact) mass is 362 g/mol. The van der Waals surface area contributed by atoms with Crippen LogP contribution >= 0.6 is 0 Å². The quantitative estimate of drug-likeness (QED) is 0.759. The highest BCUT2D eigenvalue weighted by Gasteiger charge is 2.19. The summed E-state index contributed by atoms with van der Waals surface area (Å²) in [5, 5.41) is 3.15. The second-order valence-corrected chi connectivity index (χ2v) is 7.53. The number of fused-ring (bicyclic) bond motifs is 2. The molecule has 1 aromatic carbocycles. The first-order valence-electron chi connectivity index (χ1n) is 9.60. The minimum atomic E-state index is 0.0446. The smallest absolute Gasteiger partial charge is 0.226 e. The third-order valence-corrected chi connectivity index (χ3v) is 5.30. The van der Waals surface area contributed by atoms with Gasteiger partial charge in [-0.25, -0.2) is 4.98 Å². The first kappa shape index (κ1) is 17.7. The van der Waals surface area contributed by atoms with Crippen LogP contribution in [0.2, 0.25) is 0 Å². The van der Waals surface area contributed by atoms with E-state index in [-0.39, 0.29) is 11.9 Å². The predicted octanol–water partition coefficient (Wildman–Crippen LogP) is 2.75. The number of aromatic nitrogens is 2. The molecule has 0 saturated heterocycles. The zero-order valence-electron chi connectivity index (χ0n) is 16.0. The van der Waals surface area contributed by atoms with Crippen LogP contribution in [-0.4, -0.2) is 39.3 Å². The van der Waals surface area contributed by atoms with E-state index in [0.717, 1.165) is 43.0 Å².